The minimum Gasteiger partial charge on any atom is -0.360 e. The van der Waals surface area contributed by atoms with Crippen LogP contribution in [0.2, 0.25) is 0 Å². The second-order valence-electron chi connectivity index (χ2n) is 6.74. The normalized spacial score (nSPS) is 17.7. The van der Waals surface area contributed by atoms with Crippen LogP contribution >= 0.6 is 0 Å². The van der Waals surface area contributed by atoms with Gasteiger partial charge in [0.05, 0.1) is 23.6 Å². The summed E-state index contributed by atoms with van der Waals surface area (Å²) in [5.74, 6) is 1.03. The van der Waals surface area contributed by atoms with E-state index in [0.29, 0.717) is 18.0 Å². The molecule has 4 rings (SSSR count). The molecule has 146 valence electrons. The number of nitrogens with zero attached hydrogens (tertiary/aromatic N) is 4. The number of aromatic nitrogens is 3. The molecule has 0 bridgehead atoms. The zero-order valence-electron chi connectivity index (χ0n) is 15.7. The molecular weight excluding hydrogens is 378 g/mol. The zero-order chi connectivity index (χ0) is 19.7. The molecule has 3 aromatic rings. The number of sulfonamides is 1. The van der Waals surface area contributed by atoms with Crippen LogP contribution in [0, 0.1) is 13.8 Å². The molecule has 0 spiro atoms. The highest BCUT2D eigenvalue weighted by atomic mass is 32.2. The van der Waals surface area contributed by atoms with Crippen molar-refractivity contribution in [2.45, 2.75) is 37.6 Å². The van der Waals surface area contributed by atoms with Gasteiger partial charge in [-0.05, 0) is 51.0 Å². The fourth-order valence-corrected chi connectivity index (χ4v) is 5.51. The van der Waals surface area contributed by atoms with Gasteiger partial charge in [0, 0.05) is 12.7 Å². The summed E-state index contributed by atoms with van der Waals surface area (Å²) >= 11 is 0. The summed E-state index contributed by atoms with van der Waals surface area (Å²) < 4.78 is 33.0. The van der Waals surface area contributed by atoms with Crippen LogP contribution < -0.4 is 5.32 Å². The Balaban J connectivity index is 1.58. The van der Waals surface area contributed by atoms with E-state index in [1.807, 2.05) is 30.3 Å². The predicted molar refractivity (Wildman–Crippen MR) is 104 cm³/mol. The van der Waals surface area contributed by atoms with Crippen molar-refractivity contribution < 1.29 is 12.9 Å². The molecule has 28 heavy (non-hydrogen) atoms. The average Bonchev–Trinajstić information content (AvgIpc) is 3.31. The van der Waals surface area contributed by atoms with Crippen molar-refractivity contribution >= 4 is 21.5 Å². The Bertz CT molecular complexity index is 1050. The first-order valence-electron chi connectivity index (χ1n) is 9.05. The molecule has 8 nitrogen and oxygen atoms in total. The summed E-state index contributed by atoms with van der Waals surface area (Å²) in [5.41, 5.74) is 1.89. The van der Waals surface area contributed by atoms with E-state index in [2.05, 4.69) is 20.4 Å². The molecule has 0 aromatic carbocycles. The highest BCUT2D eigenvalue weighted by Crippen LogP contribution is 2.37. The van der Waals surface area contributed by atoms with Crippen molar-refractivity contribution in [2.75, 3.05) is 11.9 Å². The van der Waals surface area contributed by atoms with Gasteiger partial charge in [0.15, 0.2) is 5.76 Å². The Morgan fingerprint density at radius 1 is 1.18 bits per heavy atom. The average molecular weight is 399 g/mol. The van der Waals surface area contributed by atoms with Gasteiger partial charge in [0.2, 0.25) is 10.0 Å². The third-order valence-electron chi connectivity index (χ3n) is 4.80. The van der Waals surface area contributed by atoms with Gasteiger partial charge in [-0.1, -0.05) is 11.2 Å². The molecule has 4 heterocycles. The molecule has 1 aliphatic rings. The number of pyridine rings is 2. The number of aryl methyl sites for hydroxylation is 2. The molecular formula is C19H21N5O3S. The quantitative estimate of drug-likeness (QED) is 0.702. The molecule has 9 heteroatoms. The van der Waals surface area contributed by atoms with E-state index >= 15 is 0 Å². The molecule has 0 saturated carbocycles. The third kappa shape index (κ3) is 3.38. The van der Waals surface area contributed by atoms with Crippen molar-refractivity contribution in [1.29, 1.82) is 0 Å². The monoisotopic (exact) mass is 399 g/mol. The maximum atomic E-state index is 13.2. The number of hydrogen-bond acceptors (Lipinski definition) is 7. The van der Waals surface area contributed by atoms with E-state index < -0.39 is 10.0 Å². The van der Waals surface area contributed by atoms with Gasteiger partial charge in [-0.25, -0.2) is 13.4 Å². The molecule has 0 aliphatic carbocycles. The Hall–Kier alpha value is -2.78. The van der Waals surface area contributed by atoms with Gasteiger partial charge in [0.1, 0.15) is 16.4 Å². The van der Waals surface area contributed by atoms with Crippen LogP contribution in [-0.4, -0.2) is 34.4 Å². The highest BCUT2D eigenvalue weighted by molar-refractivity contribution is 7.89. The maximum absolute atomic E-state index is 13.2. The topological polar surface area (TPSA) is 101 Å². The first-order chi connectivity index (χ1) is 13.5. The molecule has 0 radical (unpaired) electrons. The number of nitrogens with one attached hydrogen (secondary N) is 1. The van der Waals surface area contributed by atoms with Crippen LogP contribution in [0.1, 0.15) is 36.0 Å². The van der Waals surface area contributed by atoms with Gasteiger partial charge >= 0.3 is 0 Å². The van der Waals surface area contributed by atoms with E-state index in [4.69, 9.17) is 4.52 Å². The summed E-state index contributed by atoms with van der Waals surface area (Å²) in [4.78, 5) is 8.89. The number of anilines is 2. The fraction of sp³-hybridized carbons (Fsp3) is 0.316. The van der Waals surface area contributed by atoms with E-state index in [1.54, 1.807) is 26.2 Å². The minimum absolute atomic E-state index is 0.160. The Labute approximate surface area is 163 Å². The van der Waals surface area contributed by atoms with Crippen molar-refractivity contribution in [3.05, 3.63) is 59.9 Å². The van der Waals surface area contributed by atoms with Crippen molar-refractivity contribution in [3.8, 4) is 0 Å². The lowest BCUT2D eigenvalue weighted by Gasteiger charge is -2.23. The zero-order valence-corrected chi connectivity index (χ0v) is 16.5. The summed E-state index contributed by atoms with van der Waals surface area (Å²) in [5, 5.41) is 6.97. The first kappa shape index (κ1) is 18.6. The molecule has 1 fully saturated rings. The molecule has 1 atom stereocenters. The predicted octanol–water partition coefficient (Wildman–Crippen LogP) is 3.35. The molecule has 3 aromatic heterocycles. The van der Waals surface area contributed by atoms with Gasteiger partial charge in [0.25, 0.3) is 0 Å². The molecule has 1 aliphatic heterocycles. The molecule has 1 N–H and O–H groups in total. The van der Waals surface area contributed by atoms with Gasteiger partial charge in [-0.3, -0.25) is 4.98 Å². The first-order valence-corrected chi connectivity index (χ1v) is 10.5. The van der Waals surface area contributed by atoms with Crippen LogP contribution in [0.25, 0.3) is 0 Å². The third-order valence-corrected chi connectivity index (χ3v) is 6.96. The SMILES string of the molecule is Cc1noc(C)c1S(=O)(=O)N1CCCC1c1ccc(Nc2ccccn2)cn1. The lowest BCUT2D eigenvalue weighted by atomic mass is 10.1. The summed E-state index contributed by atoms with van der Waals surface area (Å²) in [7, 11) is -3.70. The molecule has 1 unspecified atom stereocenters. The second kappa shape index (κ2) is 7.33. The van der Waals surface area contributed by atoms with E-state index in [9.17, 15) is 8.42 Å². The Morgan fingerprint density at radius 3 is 2.68 bits per heavy atom. The Kier molecular flexibility index (Phi) is 4.86. The van der Waals surface area contributed by atoms with Gasteiger partial charge in [-0.15, -0.1) is 0 Å². The van der Waals surface area contributed by atoms with E-state index in [1.165, 1.54) is 4.31 Å². The highest BCUT2D eigenvalue weighted by Gasteiger charge is 2.39. The van der Waals surface area contributed by atoms with Crippen LogP contribution in [0.4, 0.5) is 11.5 Å². The maximum Gasteiger partial charge on any atom is 0.249 e. The summed E-state index contributed by atoms with van der Waals surface area (Å²) in [6, 6.07) is 9.05. The Morgan fingerprint density at radius 2 is 2.04 bits per heavy atom. The van der Waals surface area contributed by atoms with Crippen LogP contribution in [0.5, 0.6) is 0 Å². The van der Waals surface area contributed by atoms with Crippen molar-refractivity contribution in [2.24, 2.45) is 0 Å². The lowest BCUT2D eigenvalue weighted by Crippen LogP contribution is -2.31. The van der Waals surface area contributed by atoms with Crippen LogP contribution in [0.3, 0.4) is 0 Å². The van der Waals surface area contributed by atoms with E-state index in [0.717, 1.165) is 30.0 Å². The summed E-state index contributed by atoms with van der Waals surface area (Å²) in [6.45, 7) is 3.71. The molecule has 0 amide bonds. The minimum atomic E-state index is -3.70. The fourth-order valence-electron chi connectivity index (χ4n) is 3.54. The number of hydrogen-bond donors (Lipinski definition) is 1. The largest absolute Gasteiger partial charge is 0.360 e. The van der Waals surface area contributed by atoms with Crippen LogP contribution in [-0.2, 0) is 10.0 Å². The molecule has 1 saturated heterocycles. The summed E-state index contributed by atoms with van der Waals surface area (Å²) in [6.07, 6.45) is 4.91. The van der Waals surface area contributed by atoms with Gasteiger partial charge < -0.3 is 9.84 Å². The smallest absolute Gasteiger partial charge is 0.249 e. The van der Waals surface area contributed by atoms with Crippen molar-refractivity contribution in [1.82, 2.24) is 19.4 Å². The van der Waals surface area contributed by atoms with Crippen LogP contribution in [0.15, 0.2) is 52.1 Å². The second-order valence-corrected chi connectivity index (χ2v) is 8.57. The number of rotatable bonds is 5. The standard InChI is InChI=1S/C19H21N5O3S/c1-13-19(14(2)27-23-13)28(25,26)24-11-5-6-17(24)16-9-8-15(12-21-16)22-18-7-3-4-10-20-18/h3-4,7-10,12,17H,5-6,11H2,1-2H3,(H,20,22). The lowest BCUT2D eigenvalue weighted by molar-refractivity contribution is 0.381. The van der Waals surface area contributed by atoms with Crippen molar-refractivity contribution in [3.63, 3.8) is 0 Å². The van der Waals surface area contributed by atoms with Gasteiger partial charge in [-0.2, -0.15) is 4.31 Å². The van der Waals surface area contributed by atoms with E-state index in [-0.39, 0.29) is 10.9 Å².